The first-order valence-corrected chi connectivity index (χ1v) is 6.16. The highest BCUT2D eigenvalue weighted by Crippen LogP contribution is 2.34. The number of nitrogens with one attached hydrogen (secondary N) is 1. The molecule has 5 heteroatoms. The van der Waals surface area contributed by atoms with Gasteiger partial charge in [0.1, 0.15) is 0 Å². The van der Waals surface area contributed by atoms with Gasteiger partial charge in [0.2, 0.25) is 5.91 Å². The number of phenols is 1. The van der Waals surface area contributed by atoms with Crippen molar-refractivity contribution < 1.29 is 14.6 Å². The standard InChI is InChI=1S/C15H16N2O3/c1-10(18)17-9-12-6-15(20-2)14(19)7-13(12)11-4-3-5-16-8-11/h3-8,19H,9H2,1-2H3,(H,17,18). The predicted octanol–water partition coefficient (Wildman–Crippen LogP) is 2.10. The fraction of sp³-hybridized carbons (Fsp3) is 0.200. The van der Waals surface area contributed by atoms with Gasteiger partial charge in [-0.15, -0.1) is 0 Å². The van der Waals surface area contributed by atoms with Gasteiger partial charge >= 0.3 is 0 Å². The van der Waals surface area contributed by atoms with E-state index in [1.165, 1.54) is 14.0 Å². The zero-order valence-electron chi connectivity index (χ0n) is 11.4. The number of methoxy groups -OCH3 is 1. The number of benzene rings is 1. The van der Waals surface area contributed by atoms with E-state index < -0.39 is 0 Å². The zero-order chi connectivity index (χ0) is 14.5. The molecule has 0 aliphatic heterocycles. The second-order valence-electron chi connectivity index (χ2n) is 4.33. The first kappa shape index (κ1) is 13.9. The van der Waals surface area contributed by atoms with Crippen molar-refractivity contribution in [2.24, 2.45) is 0 Å². The van der Waals surface area contributed by atoms with Crippen LogP contribution >= 0.6 is 0 Å². The van der Waals surface area contributed by atoms with E-state index in [9.17, 15) is 9.90 Å². The Labute approximate surface area is 117 Å². The summed E-state index contributed by atoms with van der Waals surface area (Å²) in [6, 6.07) is 7.05. The molecule has 1 amide bonds. The highest BCUT2D eigenvalue weighted by molar-refractivity contribution is 5.74. The maximum Gasteiger partial charge on any atom is 0.217 e. The van der Waals surface area contributed by atoms with Crippen molar-refractivity contribution in [1.82, 2.24) is 10.3 Å². The number of rotatable bonds is 4. The third-order valence-electron chi connectivity index (χ3n) is 2.91. The molecule has 2 N–H and O–H groups in total. The van der Waals surface area contributed by atoms with E-state index in [1.807, 2.05) is 12.1 Å². The van der Waals surface area contributed by atoms with Crippen LogP contribution in [0.3, 0.4) is 0 Å². The van der Waals surface area contributed by atoms with Crippen LogP contribution < -0.4 is 10.1 Å². The van der Waals surface area contributed by atoms with E-state index in [-0.39, 0.29) is 11.7 Å². The molecule has 0 spiro atoms. The number of amides is 1. The van der Waals surface area contributed by atoms with Crippen molar-refractivity contribution in [3.63, 3.8) is 0 Å². The minimum absolute atomic E-state index is 0.0536. The molecule has 0 saturated heterocycles. The van der Waals surface area contributed by atoms with E-state index >= 15 is 0 Å². The van der Waals surface area contributed by atoms with Crippen molar-refractivity contribution in [2.45, 2.75) is 13.5 Å². The summed E-state index contributed by atoms with van der Waals surface area (Å²) in [6.07, 6.45) is 3.39. The number of hydrogen-bond donors (Lipinski definition) is 2. The third kappa shape index (κ3) is 3.06. The summed E-state index contributed by atoms with van der Waals surface area (Å²) < 4.78 is 5.10. The summed E-state index contributed by atoms with van der Waals surface area (Å²) in [7, 11) is 1.49. The molecule has 2 aromatic rings. The van der Waals surface area contributed by atoms with Crippen LogP contribution in [0.1, 0.15) is 12.5 Å². The Bertz CT molecular complexity index is 612. The lowest BCUT2D eigenvalue weighted by Gasteiger charge is -2.13. The predicted molar refractivity (Wildman–Crippen MR) is 75.4 cm³/mol. The monoisotopic (exact) mass is 272 g/mol. The highest BCUT2D eigenvalue weighted by Gasteiger charge is 2.12. The first-order valence-electron chi connectivity index (χ1n) is 6.16. The van der Waals surface area contributed by atoms with Crippen LogP contribution in [-0.4, -0.2) is 23.1 Å². The SMILES string of the molecule is COc1cc(CNC(C)=O)c(-c2cccnc2)cc1O. The Morgan fingerprint density at radius 3 is 2.85 bits per heavy atom. The van der Waals surface area contributed by atoms with Gasteiger partial charge in [-0.25, -0.2) is 0 Å². The lowest BCUT2D eigenvalue weighted by molar-refractivity contribution is -0.119. The van der Waals surface area contributed by atoms with Gasteiger partial charge in [-0.1, -0.05) is 6.07 Å². The molecular formula is C15H16N2O3. The Hall–Kier alpha value is -2.56. The largest absolute Gasteiger partial charge is 0.504 e. The van der Waals surface area contributed by atoms with E-state index in [0.717, 1.165) is 16.7 Å². The van der Waals surface area contributed by atoms with Gasteiger partial charge in [0, 0.05) is 31.4 Å². The van der Waals surface area contributed by atoms with Crippen molar-refractivity contribution in [3.05, 3.63) is 42.2 Å². The van der Waals surface area contributed by atoms with Crippen LogP contribution in [-0.2, 0) is 11.3 Å². The molecule has 2 rings (SSSR count). The third-order valence-corrected chi connectivity index (χ3v) is 2.91. The van der Waals surface area contributed by atoms with E-state index in [1.54, 1.807) is 24.5 Å². The molecule has 1 heterocycles. The van der Waals surface area contributed by atoms with Crippen molar-refractivity contribution >= 4 is 5.91 Å². The van der Waals surface area contributed by atoms with Gasteiger partial charge < -0.3 is 15.2 Å². The summed E-state index contributed by atoms with van der Waals surface area (Å²) in [6.45, 7) is 1.82. The minimum atomic E-state index is -0.117. The second kappa shape index (κ2) is 6.06. The fourth-order valence-electron chi connectivity index (χ4n) is 1.93. The topological polar surface area (TPSA) is 71.5 Å². The van der Waals surface area contributed by atoms with E-state index in [2.05, 4.69) is 10.3 Å². The number of nitrogens with zero attached hydrogens (tertiary/aromatic N) is 1. The summed E-state index contributed by atoms with van der Waals surface area (Å²) in [5, 5.41) is 12.7. The van der Waals surface area contributed by atoms with E-state index in [4.69, 9.17) is 4.74 Å². The quantitative estimate of drug-likeness (QED) is 0.894. The summed E-state index contributed by atoms with van der Waals surface area (Å²) in [5.41, 5.74) is 2.53. The van der Waals surface area contributed by atoms with Crippen LogP contribution in [0.15, 0.2) is 36.7 Å². The van der Waals surface area contributed by atoms with Crippen LogP contribution in [0.4, 0.5) is 0 Å². The van der Waals surface area contributed by atoms with Crippen molar-refractivity contribution in [1.29, 1.82) is 0 Å². The number of hydrogen-bond acceptors (Lipinski definition) is 4. The van der Waals surface area contributed by atoms with Gasteiger partial charge in [-0.05, 0) is 29.3 Å². The van der Waals surface area contributed by atoms with Crippen LogP contribution in [0.25, 0.3) is 11.1 Å². The lowest BCUT2D eigenvalue weighted by atomic mass is 10.00. The molecule has 0 aliphatic rings. The number of ether oxygens (including phenoxy) is 1. The average Bonchev–Trinajstić information content (AvgIpc) is 2.46. The second-order valence-corrected chi connectivity index (χ2v) is 4.33. The molecule has 104 valence electrons. The Kier molecular flexibility index (Phi) is 4.20. The zero-order valence-corrected chi connectivity index (χ0v) is 11.4. The number of carbonyl (C=O) groups is 1. The van der Waals surface area contributed by atoms with Gasteiger partial charge in [-0.2, -0.15) is 0 Å². The molecule has 0 fully saturated rings. The summed E-state index contributed by atoms with van der Waals surface area (Å²) >= 11 is 0. The molecule has 0 unspecified atom stereocenters. The molecular weight excluding hydrogens is 256 g/mol. The summed E-state index contributed by atoms with van der Waals surface area (Å²) in [4.78, 5) is 15.2. The molecule has 0 bridgehead atoms. The minimum Gasteiger partial charge on any atom is -0.504 e. The van der Waals surface area contributed by atoms with Crippen molar-refractivity contribution in [2.75, 3.05) is 7.11 Å². The Balaban J connectivity index is 2.47. The van der Waals surface area contributed by atoms with Crippen LogP contribution in [0, 0.1) is 0 Å². The lowest BCUT2D eigenvalue weighted by Crippen LogP contribution is -2.19. The number of aromatic hydroxyl groups is 1. The molecule has 1 aromatic heterocycles. The number of phenolic OH excluding ortho intramolecular Hbond substituents is 1. The molecule has 0 aliphatic carbocycles. The Morgan fingerprint density at radius 1 is 1.45 bits per heavy atom. The summed E-state index contributed by atoms with van der Waals surface area (Å²) in [5.74, 6) is 0.310. The average molecular weight is 272 g/mol. The molecule has 20 heavy (non-hydrogen) atoms. The first-order chi connectivity index (χ1) is 9.61. The van der Waals surface area contributed by atoms with Gasteiger partial charge in [-0.3, -0.25) is 9.78 Å². The molecule has 0 saturated carbocycles. The van der Waals surface area contributed by atoms with Crippen LogP contribution in [0.5, 0.6) is 11.5 Å². The molecule has 0 radical (unpaired) electrons. The number of aromatic nitrogens is 1. The van der Waals surface area contributed by atoms with Crippen molar-refractivity contribution in [3.8, 4) is 22.6 Å². The fourth-order valence-corrected chi connectivity index (χ4v) is 1.93. The smallest absolute Gasteiger partial charge is 0.217 e. The van der Waals surface area contributed by atoms with E-state index in [0.29, 0.717) is 12.3 Å². The molecule has 0 atom stereocenters. The maximum absolute atomic E-state index is 11.1. The van der Waals surface area contributed by atoms with Gasteiger partial charge in [0.25, 0.3) is 0 Å². The molecule has 1 aromatic carbocycles. The normalized spacial score (nSPS) is 10.1. The van der Waals surface area contributed by atoms with Gasteiger partial charge in [0.15, 0.2) is 11.5 Å². The number of pyridine rings is 1. The Morgan fingerprint density at radius 2 is 2.25 bits per heavy atom. The molecule has 5 nitrogen and oxygen atoms in total. The highest BCUT2D eigenvalue weighted by atomic mass is 16.5. The van der Waals surface area contributed by atoms with Gasteiger partial charge in [0.05, 0.1) is 7.11 Å². The van der Waals surface area contributed by atoms with Crippen LogP contribution in [0.2, 0.25) is 0 Å². The number of carbonyl (C=O) groups excluding carboxylic acids is 1. The maximum atomic E-state index is 11.1.